The maximum Gasteiger partial charge on any atom is -0.00854 e. The van der Waals surface area contributed by atoms with Gasteiger partial charge in [-0.25, -0.2) is 0 Å². The van der Waals surface area contributed by atoms with E-state index in [1.807, 2.05) is 0 Å². The second kappa shape index (κ2) is 4.49. The van der Waals surface area contributed by atoms with Crippen LogP contribution >= 0.6 is 0 Å². The minimum Gasteiger partial charge on any atom is -0.103 e. The number of hydrogen-bond donors (Lipinski definition) is 0. The standard InChI is InChI=1S/C20H32/c1-6-18(3)12-13-20(5)16(14-18)10-11-19(4)15(2)8-7-9-17(19)20/h6,16-17H,1-2,7-14H2,3-5H3/t16-,17-,18-,19-,20-/m1/s1. The molecule has 0 saturated heterocycles. The Balaban J connectivity index is 1.92. The fourth-order valence-corrected chi connectivity index (χ4v) is 5.99. The largest absolute Gasteiger partial charge is 0.103 e. The molecule has 0 amide bonds. The lowest BCUT2D eigenvalue weighted by Crippen LogP contribution is -2.53. The monoisotopic (exact) mass is 272 g/mol. The molecule has 3 rings (SSSR count). The van der Waals surface area contributed by atoms with Gasteiger partial charge in [0.2, 0.25) is 0 Å². The molecule has 3 aliphatic rings. The van der Waals surface area contributed by atoms with Gasteiger partial charge in [0.1, 0.15) is 0 Å². The third-order valence-corrected chi connectivity index (χ3v) is 7.73. The van der Waals surface area contributed by atoms with Crippen LogP contribution in [-0.4, -0.2) is 0 Å². The fraction of sp³-hybridized carbons (Fsp3) is 0.800. The molecule has 0 unspecified atom stereocenters. The van der Waals surface area contributed by atoms with Crippen LogP contribution in [0.3, 0.4) is 0 Å². The molecule has 5 atom stereocenters. The summed E-state index contributed by atoms with van der Waals surface area (Å²) in [4.78, 5) is 0. The van der Waals surface area contributed by atoms with Crippen molar-refractivity contribution in [1.82, 2.24) is 0 Å². The Morgan fingerprint density at radius 2 is 1.85 bits per heavy atom. The average molecular weight is 272 g/mol. The van der Waals surface area contributed by atoms with Gasteiger partial charge >= 0.3 is 0 Å². The van der Waals surface area contributed by atoms with Crippen LogP contribution in [0, 0.1) is 28.1 Å². The minimum absolute atomic E-state index is 0.392. The summed E-state index contributed by atoms with van der Waals surface area (Å²) in [6, 6.07) is 0. The molecular formula is C20H32. The first-order valence-corrected chi connectivity index (χ1v) is 8.66. The number of allylic oxidation sites excluding steroid dienone is 2. The van der Waals surface area contributed by atoms with E-state index < -0.39 is 0 Å². The first-order valence-electron chi connectivity index (χ1n) is 8.66. The molecule has 0 radical (unpaired) electrons. The Hall–Kier alpha value is -0.520. The van der Waals surface area contributed by atoms with Gasteiger partial charge in [0.05, 0.1) is 0 Å². The molecule has 3 saturated carbocycles. The molecule has 0 aromatic rings. The van der Waals surface area contributed by atoms with Crippen molar-refractivity contribution in [1.29, 1.82) is 0 Å². The quantitative estimate of drug-likeness (QED) is 0.503. The third-order valence-electron chi connectivity index (χ3n) is 7.73. The first kappa shape index (κ1) is 14.4. The first-order chi connectivity index (χ1) is 9.34. The Morgan fingerprint density at radius 3 is 2.55 bits per heavy atom. The van der Waals surface area contributed by atoms with E-state index in [0.29, 0.717) is 16.2 Å². The summed E-state index contributed by atoms with van der Waals surface area (Å²) < 4.78 is 0. The number of hydrogen-bond acceptors (Lipinski definition) is 0. The summed E-state index contributed by atoms with van der Waals surface area (Å²) in [6.45, 7) is 16.1. The molecule has 0 bridgehead atoms. The zero-order chi connectivity index (χ0) is 14.6. The molecule has 0 aliphatic heterocycles. The van der Waals surface area contributed by atoms with Crippen molar-refractivity contribution in [3.63, 3.8) is 0 Å². The molecule has 0 aromatic carbocycles. The van der Waals surface area contributed by atoms with Crippen LogP contribution in [0.25, 0.3) is 0 Å². The third kappa shape index (κ3) is 1.86. The summed E-state index contributed by atoms with van der Waals surface area (Å²) in [6.07, 6.45) is 13.2. The van der Waals surface area contributed by atoms with Gasteiger partial charge in [0, 0.05) is 0 Å². The van der Waals surface area contributed by atoms with Gasteiger partial charge in [-0.15, -0.1) is 6.58 Å². The van der Waals surface area contributed by atoms with Crippen molar-refractivity contribution in [3.05, 3.63) is 24.8 Å². The van der Waals surface area contributed by atoms with Crippen LogP contribution in [0.2, 0.25) is 0 Å². The van der Waals surface area contributed by atoms with Crippen LogP contribution in [0.5, 0.6) is 0 Å². The van der Waals surface area contributed by atoms with Crippen molar-refractivity contribution in [2.75, 3.05) is 0 Å². The van der Waals surface area contributed by atoms with Crippen LogP contribution in [0.15, 0.2) is 24.8 Å². The Kier molecular flexibility index (Phi) is 3.23. The van der Waals surface area contributed by atoms with Gasteiger partial charge in [-0.05, 0) is 79.4 Å². The normalized spacial score (nSPS) is 52.0. The van der Waals surface area contributed by atoms with E-state index in [-0.39, 0.29) is 0 Å². The van der Waals surface area contributed by atoms with E-state index in [4.69, 9.17) is 0 Å². The molecule has 0 N–H and O–H groups in total. The average Bonchev–Trinajstić information content (AvgIpc) is 2.43. The van der Waals surface area contributed by atoms with E-state index in [1.54, 1.807) is 5.57 Å². The smallest absolute Gasteiger partial charge is 0.00854 e. The number of rotatable bonds is 1. The highest BCUT2D eigenvalue weighted by molar-refractivity contribution is 5.20. The molecular weight excluding hydrogens is 240 g/mol. The molecule has 3 fully saturated rings. The predicted molar refractivity (Wildman–Crippen MR) is 87.6 cm³/mol. The van der Waals surface area contributed by atoms with E-state index in [2.05, 4.69) is 40.0 Å². The molecule has 3 aliphatic carbocycles. The van der Waals surface area contributed by atoms with Crippen molar-refractivity contribution in [3.8, 4) is 0 Å². The van der Waals surface area contributed by atoms with Gasteiger partial charge in [-0.2, -0.15) is 0 Å². The van der Waals surface area contributed by atoms with Gasteiger partial charge in [0.25, 0.3) is 0 Å². The lowest BCUT2D eigenvalue weighted by atomic mass is 9.42. The molecule has 0 nitrogen and oxygen atoms in total. The maximum absolute atomic E-state index is 4.47. The summed E-state index contributed by atoms with van der Waals surface area (Å²) >= 11 is 0. The van der Waals surface area contributed by atoms with Crippen LogP contribution in [0.1, 0.15) is 72.1 Å². The van der Waals surface area contributed by atoms with Crippen molar-refractivity contribution in [2.45, 2.75) is 72.1 Å². The van der Waals surface area contributed by atoms with Crippen LogP contribution < -0.4 is 0 Å². The predicted octanol–water partition coefficient (Wildman–Crippen LogP) is 6.14. The molecule has 20 heavy (non-hydrogen) atoms. The lowest BCUT2D eigenvalue weighted by molar-refractivity contribution is -0.0979. The summed E-state index contributed by atoms with van der Waals surface area (Å²) in [5, 5.41) is 0. The molecule has 0 spiro atoms. The van der Waals surface area contributed by atoms with Crippen molar-refractivity contribution < 1.29 is 0 Å². The minimum atomic E-state index is 0.392. The highest BCUT2D eigenvalue weighted by Crippen LogP contribution is 2.66. The molecule has 0 aromatic heterocycles. The maximum atomic E-state index is 4.47. The molecule has 0 heteroatoms. The summed E-state index contributed by atoms with van der Waals surface area (Å²) in [7, 11) is 0. The van der Waals surface area contributed by atoms with E-state index in [0.717, 1.165) is 11.8 Å². The SMILES string of the molecule is C=C[C@]1(C)CC[C@]2(C)[C@H](CC[C@]3(C)C(=C)CCC[C@@H]23)C1. The second-order valence-corrected chi connectivity index (χ2v) is 8.77. The van der Waals surface area contributed by atoms with Crippen molar-refractivity contribution >= 4 is 0 Å². The van der Waals surface area contributed by atoms with Crippen LogP contribution in [0.4, 0.5) is 0 Å². The molecule has 112 valence electrons. The van der Waals surface area contributed by atoms with E-state index >= 15 is 0 Å². The fourth-order valence-electron chi connectivity index (χ4n) is 5.99. The Bertz CT molecular complexity index is 433. The summed E-state index contributed by atoms with van der Waals surface area (Å²) in [5.41, 5.74) is 2.94. The Morgan fingerprint density at radius 1 is 1.10 bits per heavy atom. The Labute approximate surface area is 125 Å². The highest BCUT2D eigenvalue weighted by atomic mass is 14.6. The zero-order valence-electron chi connectivity index (χ0n) is 13.8. The van der Waals surface area contributed by atoms with Gasteiger partial charge < -0.3 is 0 Å². The van der Waals surface area contributed by atoms with Gasteiger partial charge in [-0.1, -0.05) is 39.0 Å². The van der Waals surface area contributed by atoms with Crippen LogP contribution in [-0.2, 0) is 0 Å². The van der Waals surface area contributed by atoms with E-state index in [9.17, 15) is 0 Å². The highest BCUT2D eigenvalue weighted by Gasteiger charge is 2.57. The lowest BCUT2D eigenvalue weighted by Gasteiger charge is -2.62. The molecule has 0 heterocycles. The van der Waals surface area contributed by atoms with E-state index in [1.165, 1.54) is 51.4 Å². The topological polar surface area (TPSA) is 0 Å². The second-order valence-electron chi connectivity index (χ2n) is 8.77. The zero-order valence-corrected chi connectivity index (χ0v) is 13.8. The van der Waals surface area contributed by atoms with Crippen molar-refractivity contribution in [2.24, 2.45) is 28.1 Å². The summed E-state index contributed by atoms with van der Waals surface area (Å²) in [5.74, 6) is 1.78. The van der Waals surface area contributed by atoms with Gasteiger partial charge in [-0.3, -0.25) is 0 Å². The van der Waals surface area contributed by atoms with Gasteiger partial charge in [0.15, 0.2) is 0 Å². The number of fused-ring (bicyclic) bond motifs is 3.